The summed E-state index contributed by atoms with van der Waals surface area (Å²) in [7, 11) is -2.38. The second kappa shape index (κ2) is 11.9. The third kappa shape index (κ3) is 5.76. The van der Waals surface area contributed by atoms with Crippen LogP contribution in [0.25, 0.3) is 0 Å². The minimum absolute atomic E-state index is 0.00789. The molecule has 0 spiro atoms. The zero-order valence-electron chi connectivity index (χ0n) is 24.8. The fraction of sp³-hybridized carbons (Fsp3) is 0.139. The molecule has 1 aliphatic heterocycles. The summed E-state index contributed by atoms with van der Waals surface area (Å²) < 4.78 is 35.1. The Bertz CT molecular complexity index is 1910. The fourth-order valence-electron chi connectivity index (χ4n) is 5.56. The van der Waals surface area contributed by atoms with Crippen molar-refractivity contribution in [3.05, 3.63) is 149 Å². The lowest BCUT2D eigenvalue weighted by atomic mass is 9.98. The molecule has 222 valence electrons. The molecule has 0 fully saturated rings. The summed E-state index contributed by atoms with van der Waals surface area (Å²) in [6.07, 6.45) is -0.503. The number of carbonyl (C=O) groups excluding carboxylic acids is 1. The highest BCUT2D eigenvalue weighted by molar-refractivity contribution is 7.92. The van der Waals surface area contributed by atoms with Gasteiger partial charge in [0.2, 0.25) is 0 Å². The van der Waals surface area contributed by atoms with Crippen LogP contribution in [0.4, 0.5) is 17.1 Å². The largest absolute Gasteiger partial charge is 0.497 e. The molecule has 1 aliphatic rings. The SMILES string of the molecule is COc1ccc(N2C(=O)c3cc(S(=O)(=O)Nc4ccc(C)cc4)ccc3N(Cc3ccccc3)[C@@H]2c2cccc(C)c2)cc1. The Morgan fingerprint density at radius 3 is 2.18 bits per heavy atom. The van der Waals surface area contributed by atoms with Gasteiger partial charge in [0.15, 0.2) is 0 Å². The summed E-state index contributed by atoms with van der Waals surface area (Å²) in [6.45, 7) is 4.45. The molecule has 7 nitrogen and oxygen atoms in total. The number of hydrogen-bond acceptors (Lipinski definition) is 5. The van der Waals surface area contributed by atoms with Crippen molar-refractivity contribution >= 4 is 33.0 Å². The molecule has 1 N–H and O–H groups in total. The van der Waals surface area contributed by atoms with Gasteiger partial charge in [-0.25, -0.2) is 8.42 Å². The van der Waals surface area contributed by atoms with Gasteiger partial charge in [0.05, 0.1) is 23.3 Å². The number of ether oxygens (including phenoxy) is 1. The van der Waals surface area contributed by atoms with Crippen molar-refractivity contribution in [2.24, 2.45) is 0 Å². The molecular formula is C36H33N3O4S. The number of amides is 1. The topological polar surface area (TPSA) is 78.9 Å². The second-order valence-electron chi connectivity index (χ2n) is 10.9. The Labute approximate surface area is 258 Å². The van der Waals surface area contributed by atoms with Crippen LogP contribution in [0.1, 0.15) is 38.8 Å². The van der Waals surface area contributed by atoms with E-state index in [1.54, 1.807) is 36.3 Å². The predicted octanol–water partition coefficient (Wildman–Crippen LogP) is 7.48. The van der Waals surface area contributed by atoms with Gasteiger partial charge in [0.25, 0.3) is 15.9 Å². The van der Waals surface area contributed by atoms with Crippen LogP contribution in [-0.2, 0) is 16.6 Å². The molecule has 0 saturated carbocycles. The smallest absolute Gasteiger partial charge is 0.262 e. The number of hydrogen-bond donors (Lipinski definition) is 1. The van der Waals surface area contributed by atoms with Gasteiger partial charge in [-0.2, -0.15) is 0 Å². The van der Waals surface area contributed by atoms with Gasteiger partial charge < -0.3 is 9.64 Å². The lowest BCUT2D eigenvalue weighted by Crippen LogP contribution is -2.49. The van der Waals surface area contributed by atoms with Gasteiger partial charge in [-0.15, -0.1) is 0 Å². The zero-order valence-corrected chi connectivity index (χ0v) is 25.6. The average Bonchev–Trinajstić information content (AvgIpc) is 3.03. The van der Waals surface area contributed by atoms with E-state index in [2.05, 4.69) is 15.7 Å². The fourth-order valence-corrected chi connectivity index (χ4v) is 6.65. The second-order valence-corrected chi connectivity index (χ2v) is 12.6. The Balaban J connectivity index is 1.52. The van der Waals surface area contributed by atoms with E-state index >= 15 is 0 Å². The van der Waals surface area contributed by atoms with E-state index < -0.39 is 16.2 Å². The Morgan fingerprint density at radius 1 is 0.773 bits per heavy atom. The van der Waals surface area contributed by atoms with E-state index in [1.165, 1.54) is 6.07 Å². The Hall–Kier alpha value is -5.08. The third-order valence-corrected chi connectivity index (χ3v) is 9.15. The molecule has 0 aliphatic carbocycles. The van der Waals surface area contributed by atoms with Crippen LogP contribution in [0.5, 0.6) is 5.75 Å². The van der Waals surface area contributed by atoms with Crippen molar-refractivity contribution in [3.8, 4) is 5.75 Å². The zero-order chi connectivity index (χ0) is 30.8. The highest BCUT2D eigenvalue weighted by atomic mass is 32.2. The molecule has 1 amide bonds. The molecule has 0 aromatic heterocycles. The number of nitrogens with one attached hydrogen (secondary N) is 1. The Kier molecular flexibility index (Phi) is 7.84. The van der Waals surface area contributed by atoms with Crippen LogP contribution < -0.4 is 19.3 Å². The van der Waals surface area contributed by atoms with Crippen molar-refractivity contribution < 1.29 is 17.9 Å². The first-order valence-corrected chi connectivity index (χ1v) is 15.8. The van der Waals surface area contributed by atoms with Gasteiger partial charge >= 0.3 is 0 Å². The number of sulfonamides is 1. The number of nitrogens with zero attached hydrogens (tertiary/aromatic N) is 2. The predicted molar refractivity (Wildman–Crippen MR) is 175 cm³/mol. The average molecular weight is 604 g/mol. The van der Waals surface area contributed by atoms with E-state index in [4.69, 9.17) is 4.74 Å². The van der Waals surface area contributed by atoms with Gasteiger partial charge in [-0.3, -0.25) is 14.4 Å². The summed E-state index contributed by atoms with van der Waals surface area (Å²) in [5, 5.41) is 0. The van der Waals surface area contributed by atoms with Crippen LogP contribution in [0.3, 0.4) is 0 Å². The van der Waals surface area contributed by atoms with E-state index in [1.807, 2.05) is 98.8 Å². The third-order valence-electron chi connectivity index (χ3n) is 7.77. The summed E-state index contributed by atoms with van der Waals surface area (Å²) in [4.78, 5) is 18.5. The summed E-state index contributed by atoms with van der Waals surface area (Å²) in [5.74, 6) is 0.371. The van der Waals surface area contributed by atoms with Crippen molar-refractivity contribution in [2.45, 2.75) is 31.5 Å². The van der Waals surface area contributed by atoms with E-state index in [-0.39, 0.29) is 10.8 Å². The molecule has 6 rings (SSSR count). The van der Waals surface area contributed by atoms with Crippen molar-refractivity contribution in [1.82, 2.24) is 0 Å². The van der Waals surface area contributed by atoms with E-state index in [9.17, 15) is 13.2 Å². The molecule has 5 aromatic carbocycles. The molecule has 0 unspecified atom stereocenters. The van der Waals surface area contributed by atoms with Gasteiger partial charge in [0.1, 0.15) is 11.9 Å². The van der Waals surface area contributed by atoms with Crippen molar-refractivity contribution in [1.29, 1.82) is 0 Å². The Morgan fingerprint density at radius 2 is 1.50 bits per heavy atom. The van der Waals surface area contributed by atoms with Crippen molar-refractivity contribution in [2.75, 3.05) is 21.6 Å². The number of methoxy groups -OCH3 is 1. The molecule has 0 radical (unpaired) electrons. The molecule has 1 heterocycles. The molecule has 8 heteroatoms. The van der Waals surface area contributed by atoms with Crippen LogP contribution in [0, 0.1) is 13.8 Å². The van der Waals surface area contributed by atoms with Gasteiger partial charge in [0, 0.05) is 17.9 Å². The molecule has 0 saturated heterocycles. The minimum atomic E-state index is -3.98. The number of benzene rings is 5. The molecule has 1 atom stereocenters. The lowest BCUT2D eigenvalue weighted by molar-refractivity contribution is 0.0968. The summed E-state index contributed by atoms with van der Waals surface area (Å²) in [6, 6.07) is 37.4. The number of rotatable bonds is 8. The maximum absolute atomic E-state index is 14.6. The summed E-state index contributed by atoms with van der Waals surface area (Å²) >= 11 is 0. The monoisotopic (exact) mass is 603 g/mol. The number of aryl methyl sites for hydroxylation is 2. The first-order chi connectivity index (χ1) is 21.2. The lowest BCUT2D eigenvalue weighted by Gasteiger charge is -2.46. The van der Waals surface area contributed by atoms with Crippen LogP contribution in [0.2, 0.25) is 0 Å². The molecule has 0 bridgehead atoms. The first kappa shape index (κ1) is 29.0. The van der Waals surface area contributed by atoms with Crippen LogP contribution in [-0.4, -0.2) is 21.4 Å². The molecule has 5 aromatic rings. The van der Waals surface area contributed by atoms with Gasteiger partial charge in [-0.1, -0.05) is 77.9 Å². The standard InChI is InChI=1S/C36H33N3O4S/c1-25-12-14-29(15-13-25)37-44(41,42)32-20-21-34-33(23-32)36(40)39(30-16-18-31(43-3)19-17-30)35(28-11-7-8-26(2)22-28)38(34)24-27-9-5-4-6-10-27/h4-23,35,37H,24H2,1-3H3/t35-/m0/s1. The maximum Gasteiger partial charge on any atom is 0.262 e. The van der Waals surface area contributed by atoms with E-state index in [0.29, 0.717) is 34.9 Å². The maximum atomic E-state index is 14.6. The van der Waals surface area contributed by atoms with Gasteiger partial charge in [-0.05, 0) is 79.6 Å². The molecular weight excluding hydrogens is 570 g/mol. The summed E-state index contributed by atoms with van der Waals surface area (Å²) in [5.41, 5.74) is 6.15. The van der Waals surface area contributed by atoms with Crippen LogP contribution in [0.15, 0.2) is 126 Å². The normalized spacial score (nSPS) is 14.7. The number of carbonyl (C=O) groups is 1. The quantitative estimate of drug-likeness (QED) is 0.199. The highest BCUT2D eigenvalue weighted by Crippen LogP contribution is 2.43. The van der Waals surface area contributed by atoms with E-state index in [0.717, 1.165) is 22.3 Å². The van der Waals surface area contributed by atoms with Crippen molar-refractivity contribution in [3.63, 3.8) is 0 Å². The number of fused-ring (bicyclic) bond motifs is 1. The van der Waals surface area contributed by atoms with Crippen LogP contribution >= 0.6 is 0 Å². The highest BCUT2D eigenvalue weighted by Gasteiger charge is 2.40. The minimum Gasteiger partial charge on any atom is -0.497 e. The molecule has 44 heavy (non-hydrogen) atoms. The first-order valence-electron chi connectivity index (χ1n) is 14.3. The number of anilines is 3.